The second-order valence-corrected chi connectivity index (χ2v) is 3.62. The summed E-state index contributed by atoms with van der Waals surface area (Å²) < 4.78 is 18.1. The van der Waals surface area contributed by atoms with Gasteiger partial charge < -0.3 is 15.8 Å². The van der Waals surface area contributed by atoms with E-state index in [2.05, 4.69) is 5.32 Å². The largest absolute Gasteiger partial charge is 0.399 e. The van der Waals surface area contributed by atoms with E-state index in [-0.39, 0.29) is 11.6 Å². The van der Waals surface area contributed by atoms with Crippen LogP contribution < -0.4 is 11.1 Å². The van der Waals surface area contributed by atoms with Crippen LogP contribution in [0.3, 0.4) is 0 Å². The Labute approximate surface area is 100.0 Å². The van der Waals surface area contributed by atoms with Gasteiger partial charge in [0.05, 0.1) is 0 Å². The Bertz CT molecular complexity index is 363. The topological polar surface area (TPSA) is 64.3 Å². The molecule has 0 spiro atoms. The summed E-state index contributed by atoms with van der Waals surface area (Å²) in [6, 6.07) is 3.95. The summed E-state index contributed by atoms with van der Waals surface area (Å²) in [6.07, 6.45) is 0.987. The third-order valence-corrected chi connectivity index (χ3v) is 2.10. The quantitative estimate of drug-likeness (QED) is 0.591. The minimum atomic E-state index is -0.463. The van der Waals surface area contributed by atoms with Gasteiger partial charge in [-0.1, -0.05) is 0 Å². The molecule has 3 N–H and O–H groups in total. The van der Waals surface area contributed by atoms with E-state index in [0.717, 1.165) is 0 Å². The molecular formula is C12H17FN2O2. The van der Waals surface area contributed by atoms with Crippen LogP contribution in [0.2, 0.25) is 0 Å². The van der Waals surface area contributed by atoms with E-state index >= 15 is 0 Å². The highest BCUT2D eigenvalue weighted by molar-refractivity contribution is 5.91. The van der Waals surface area contributed by atoms with Gasteiger partial charge in [-0.3, -0.25) is 4.79 Å². The normalized spacial score (nSPS) is 10.2. The highest BCUT2D eigenvalue weighted by Gasteiger charge is 2.04. The summed E-state index contributed by atoms with van der Waals surface area (Å²) in [7, 11) is 0. The first-order valence-corrected chi connectivity index (χ1v) is 5.55. The second-order valence-electron chi connectivity index (χ2n) is 3.62. The standard InChI is InChI=1S/C12H17FN2O2/c1-2-17-5-3-4-12(16)15-11-7-9(13)6-10(14)8-11/h6-8H,2-5,14H2,1H3,(H,15,16). The lowest BCUT2D eigenvalue weighted by atomic mass is 10.2. The number of nitrogens with one attached hydrogen (secondary N) is 1. The molecule has 0 unspecified atom stereocenters. The fourth-order valence-corrected chi connectivity index (χ4v) is 1.39. The SMILES string of the molecule is CCOCCCC(=O)Nc1cc(N)cc(F)c1. The first kappa shape index (κ1) is 13.4. The Morgan fingerprint density at radius 3 is 2.88 bits per heavy atom. The summed E-state index contributed by atoms with van der Waals surface area (Å²) in [6.45, 7) is 3.09. The van der Waals surface area contributed by atoms with E-state index in [1.165, 1.54) is 18.2 Å². The minimum Gasteiger partial charge on any atom is -0.399 e. The van der Waals surface area contributed by atoms with Crippen molar-refractivity contribution in [2.75, 3.05) is 24.3 Å². The Kier molecular flexibility index (Phi) is 5.42. The van der Waals surface area contributed by atoms with Crippen molar-refractivity contribution in [1.29, 1.82) is 0 Å². The Morgan fingerprint density at radius 1 is 1.47 bits per heavy atom. The molecule has 0 atom stereocenters. The van der Waals surface area contributed by atoms with E-state index in [9.17, 15) is 9.18 Å². The molecule has 0 bridgehead atoms. The third kappa shape index (κ3) is 5.31. The molecule has 0 fully saturated rings. The number of hydrogen-bond donors (Lipinski definition) is 2. The van der Waals surface area contributed by atoms with Crippen molar-refractivity contribution in [3.63, 3.8) is 0 Å². The number of amides is 1. The van der Waals surface area contributed by atoms with E-state index in [1.807, 2.05) is 6.92 Å². The summed E-state index contributed by atoms with van der Waals surface area (Å²) >= 11 is 0. The van der Waals surface area contributed by atoms with Crippen LogP contribution in [0.25, 0.3) is 0 Å². The molecule has 0 heterocycles. The summed E-state index contributed by atoms with van der Waals surface area (Å²) in [4.78, 5) is 11.5. The van der Waals surface area contributed by atoms with E-state index in [4.69, 9.17) is 10.5 Å². The van der Waals surface area contributed by atoms with Gasteiger partial charge >= 0.3 is 0 Å². The Morgan fingerprint density at radius 2 is 2.24 bits per heavy atom. The highest BCUT2D eigenvalue weighted by Crippen LogP contribution is 2.15. The highest BCUT2D eigenvalue weighted by atomic mass is 19.1. The van der Waals surface area contributed by atoms with Crippen LogP contribution in [0.4, 0.5) is 15.8 Å². The fraction of sp³-hybridized carbons (Fsp3) is 0.417. The zero-order valence-corrected chi connectivity index (χ0v) is 9.83. The van der Waals surface area contributed by atoms with Gasteiger partial charge in [0.1, 0.15) is 5.82 Å². The molecule has 0 saturated heterocycles. The van der Waals surface area contributed by atoms with E-state index in [0.29, 0.717) is 31.7 Å². The van der Waals surface area contributed by atoms with Gasteiger partial charge in [0.2, 0.25) is 5.91 Å². The summed E-state index contributed by atoms with van der Waals surface area (Å²) in [5, 5.41) is 2.59. The number of carbonyl (C=O) groups excluding carboxylic acids is 1. The average molecular weight is 240 g/mol. The van der Waals surface area contributed by atoms with Gasteiger partial charge in [-0.25, -0.2) is 4.39 Å². The van der Waals surface area contributed by atoms with E-state index < -0.39 is 5.82 Å². The third-order valence-electron chi connectivity index (χ3n) is 2.10. The monoisotopic (exact) mass is 240 g/mol. The van der Waals surface area contributed by atoms with E-state index in [1.54, 1.807) is 0 Å². The van der Waals surface area contributed by atoms with Crippen molar-refractivity contribution >= 4 is 17.3 Å². The van der Waals surface area contributed by atoms with Crippen molar-refractivity contribution in [3.05, 3.63) is 24.0 Å². The van der Waals surface area contributed by atoms with Crippen LogP contribution in [-0.4, -0.2) is 19.1 Å². The molecule has 1 amide bonds. The van der Waals surface area contributed by atoms with Crippen LogP contribution in [0.5, 0.6) is 0 Å². The number of hydrogen-bond acceptors (Lipinski definition) is 3. The number of halogens is 1. The van der Waals surface area contributed by atoms with Crippen molar-refractivity contribution < 1.29 is 13.9 Å². The molecule has 1 aromatic carbocycles. The average Bonchev–Trinajstić information content (AvgIpc) is 2.23. The predicted octanol–water partition coefficient (Wildman–Crippen LogP) is 2.16. The van der Waals surface area contributed by atoms with Gasteiger partial charge in [0, 0.05) is 31.0 Å². The Hall–Kier alpha value is -1.62. The number of ether oxygens (including phenoxy) is 1. The van der Waals surface area contributed by atoms with Crippen LogP contribution in [0.15, 0.2) is 18.2 Å². The molecule has 4 nitrogen and oxygen atoms in total. The maximum atomic E-state index is 13.0. The van der Waals surface area contributed by atoms with Gasteiger partial charge in [-0.15, -0.1) is 0 Å². The lowest BCUT2D eigenvalue weighted by Crippen LogP contribution is -2.12. The van der Waals surface area contributed by atoms with Crippen LogP contribution in [0.1, 0.15) is 19.8 Å². The lowest BCUT2D eigenvalue weighted by molar-refractivity contribution is -0.116. The predicted molar refractivity (Wildman–Crippen MR) is 65.2 cm³/mol. The van der Waals surface area contributed by atoms with Crippen LogP contribution in [0, 0.1) is 5.82 Å². The van der Waals surface area contributed by atoms with Gasteiger partial charge in [0.25, 0.3) is 0 Å². The smallest absolute Gasteiger partial charge is 0.224 e. The maximum Gasteiger partial charge on any atom is 0.224 e. The number of nitrogen functional groups attached to an aromatic ring is 1. The van der Waals surface area contributed by atoms with Crippen LogP contribution in [-0.2, 0) is 9.53 Å². The number of carbonyl (C=O) groups is 1. The van der Waals surface area contributed by atoms with Gasteiger partial charge in [0.15, 0.2) is 0 Å². The molecule has 0 aliphatic carbocycles. The lowest BCUT2D eigenvalue weighted by Gasteiger charge is -2.06. The summed E-state index contributed by atoms with van der Waals surface area (Å²) in [5.41, 5.74) is 6.13. The molecule has 0 aromatic heterocycles. The molecule has 1 rings (SSSR count). The zero-order valence-electron chi connectivity index (χ0n) is 9.83. The maximum absolute atomic E-state index is 13.0. The molecule has 17 heavy (non-hydrogen) atoms. The molecule has 1 aromatic rings. The fourth-order valence-electron chi connectivity index (χ4n) is 1.39. The minimum absolute atomic E-state index is 0.172. The molecule has 94 valence electrons. The number of anilines is 2. The summed E-state index contributed by atoms with van der Waals surface area (Å²) in [5.74, 6) is -0.635. The number of benzene rings is 1. The first-order valence-electron chi connectivity index (χ1n) is 5.55. The van der Waals surface area contributed by atoms with Crippen molar-refractivity contribution in [2.24, 2.45) is 0 Å². The second kappa shape index (κ2) is 6.85. The van der Waals surface area contributed by atoms with Crippen molar-refractivity contribution in [2.45, 2.75) is 19.8 Å². The molecule has 0 saturated carbocycles. The molecule has 0 aliphatic rings. The van der Waals surface area contributed by atoms with Crippen molar-refractivity contribution in [1.82, 2.24) is 0 Å². The zero-order chi connectivity index (χ0) is 12.7. The first-order chi connectivity index (χ1) is 8.11. The molecule has 0 radical (unpaired) electrons. The van der Waals surface area contributed by atoms with Gasteiger partial charge in [-0.05, 0) is 31.5 Å². The van der Waals surface area contributed by atoms with Gasteiger partial charge in [-0.2, -0.15) is 0 Å². The number of rotatable bonds is 6. The van der Waals surface area contributed by atoms with Crippen LogP contribution >= 0.6 is 0 Å². The molecular weight excluding hydrogens is 223 g/mol. The number of nitrogens with two attached hydrogens (primary N) is 1. The Balaban J connectivity index is 2.39. The molecule has 5 heteroatoms. The molecule has 0 aliphatic heterocycles. The van der Waals surface area contributed by atoms with Crippen molar-refractivity contribution in [3.8, 4) is 0 Å².